The molecule has 2 aromatic heterocycles. The summed E-state index contributed by atoms with van der Waals surface area (Å²) in [5, 5.41) is 0.585. The van der Waals surface area contributed by atoms with Crippen LogP contribution in [0.2, 0.25) is 0 Å². The van der Waals surface area contributed by atoms with Crippen LogP contribution in [-0.2, 0) is 0 Å². The fourth-order valence-electron chi connectivity index (χ4n) is 2.61. The van der Waals surface area contributed by atoms with Gasteiger partial charge in [0.2, 0.25) is 7.85 Å². The van der Waals surface area contributed by atoms with Gasteiger partial charge in [-0.15, -0.1) is 0 Å². The van der Waals surface area contributed by atoms with E-state index in [9.17, 15) is 23.2 Å². The number of benzene rings is 2. The second-order valence-electron chi connectivity index (χ2n) is 6.23. The zero-order chi connectivity index (χ0) is 21.3. The number of aromatic amines is 1. The molecule has 2 heterocycles. The molecule has 7 nitrogen and oxygen atoms in total. The summed E-state index contributed by atoms with van der Waals surface area (Å²) < 4.78 is 26.9. The minimum absolute atomic E-state index is 0.167. The van der Waals surface area contributed by atoms with Gasteiger partial charge in [0.25, 0.3) is 11.1 Å². The molecule has 2 radical (unpaired) electrons. The fourth-order valence-corrected chi connectivity index (χ4v) is 2.61. The number of hydrogen-bond acceptors (Lipinski definition) is 5. The topological polar surface area (TPSA) is 97.7 Å². The quantitative estimate of drug-likeness (QED) is 0.462. The molecule has 144 valence electrons. The SMILES string of the molecule is Cc1cc2c(=O)[nH]cnc2cc1F.[B]C(=O)n1cnc2cc(F)c(C)cc2c1=O. The third kappa shape index (κ3) is 3.96. The number of aromatic nitrogens is 4. The Morgan fingerprint density at radius 2 is 1.52 bits per heavy atom. The smallest absolute Gasteiger partial charge is 0.267 e. The van der Waals surface area contributed by atoms with E-state index >= 15 is 0 Å². The predicted octanol–water partition coefficient (Wildman–Crippen LogP) is 2.35. The first-order valence-electron chi connectivity index (χ1n) is 8.30. The number of rotatable bonds is 0. The van der Waals surface area contributed by atoms with E-state index in [0.29, 0.717) is 26.6 Å². The lowest BCUT2D eigenvalue weighted by Gasteiger charge is -2.03. The average Bonchev–Trinajstić information content (AvgIpc) is 2.66. The van der Waals surface area contributed by atoms with Gasteiger partial charge in [-0.2, -0.15) is 0 Å². The van der Waals surface area contributed by atoms with Crippen LogP contribution in [-0.4, -0.2) is 33.2 Å². The highest BCUT2D eigenvalue weighted by atomic mass is 19.1. The summed E-state index contributed by atoms with van der Waals surface area (Å²) in [5.74, 6) is -1.71. The van der Waals surface area contributed by atoms with Gasteiger partial charge in [-0.05, 0) is 37.1 Å². The molecule has 0 amide bonds. The Labute approximate surface area is 163 Å². The zero-order valence-corrected chi connectivity index (χ0v) is 15.4. The summed E-state index contributed by atoms with van der Waals surface area (Å²) in [6.07, 6.45) is 2.25. The zero-order valence-electron chi connectivity index (χ0n) is 15.4. The number of halogens is 2. The Bertz CT molecular complexity index is 1380. The molecule has 1 N–H and O–H groups in total. The van der Waals surface area contributed by atoms with Crippen molar-refractivity contribution in [3.05, 3.63) is 80.4 Å². The molecule has 0 bridgehead atoms. The summed E-state index contributed by atoms with van der Waals surface area (Å²) >= 11 is 0. The van der Waals surface area contributed by atoms with Crippen molar-refractivity contribution in [2.45, 2.75) is 13.8 Å². The Hall–Kier alpha value is -3.69. The van der Waals surface area contributed by atoms with Crippen molar-refractivity contribution in [3.63, 3.8) is 0 Å². The van der Waals surface area contributed by atoms with Crippen LogP contribution in [0.4, 0.5) is 13.6 Å². The van der Waals surface area contributed by atoms with E-state index in [-0.39, 0.29) is 22.3 Å². The molecule has 0 aliphatic rings. The molecule has 0 atom stereocenters. The second kappa shape index (κ2) is 7.74. The van der Waals surface area contributed by atoms with Crippen molar-refractivity contribution >= 4 is 35.5 Å². The van der Waals surface area contributed by atoms with Crippen LogP contribution in [0, 0.1) is 25.5 Å². The van der Waals surface area contributed by atoms with E-state index in [1.165, 1.54) is 31.5 Å². The monoisotopic (exact) mass is 394 g/mol. The van der Waals surface area contributed by atoms with Gasteiger partial charge >= 0.3 is 0 Å². The van der Waals surface area contributed by atoms with E-state index in [4.69, 9.17) is 7.85 Å². The molecule has 4 rings (SSSR count). The molecule has 0 unspecified atom stereocenters. The predicted molar refractivity (Wildman–Crippen MR) is 104 cm³/mol. The lowest BCUT2D eigenvalue weighted by atomic mass is 10.1. The van der Waals surface area contributed by atoms with Crippen LogP contribution in [0.25, 0.3) is 21.8 Å². The molecule has 29 heavy (non-hydrogen) atoms. The van der Waals surface area contributed by atoms with Gasteiger partial charge in [-0.1, -0.05) is 0 Å². The number of H-pyrrole nitrogens is 1. The van der Waals surface area contributed by atoms with Crippen molar-refractivity contribution in [1.82, 2.24) is 19.5 Å². The number of nitrogens with zero attached hydrogens (tertiary/aromatic N) is 3. The number of carbonyl (C=O) groups excluding carboxylic acids is 1. The average molecular weight is 394 g/mol. The van der Waals surface area contributed by atoms with E-state index in [2.05, 4.69) is 15.0 Å². The Morgan fingerprint density at radius 1 is 0.966 bits per heavy atom. The maximum absolute atomic E-state index is 13.2. The van der Waals surface area contributed by atoms with Gasteiger partial charge in [0.05, 0.1) is 28.1 Å². The molecule has 4 aromatic rings. The van der Waals surface area contributed by atoms with Gasteiger partial charge in [-0.3, -0.25) is 14.4 Å². The third-order valence-electron chi connectivity index (χ3n) is 4.20. The van der Waals surface area contributed by atoms with Crippen LogP contribution in [0.1, 0.15) is 11.1 Å². The van der Waals surface area contributed by atoms with Gasteiger partial charge < -0.3 is 4.98 Å². The molecule has 0 saturated heterocycles. The number of fused-ring (bicyclic) bond motifs is 2. The number of hydrogen-bond donors (Lipinski definition) is 1. The molecule has 0 aliphatic carbocycles. The van der Waals surface area contributed by atoms with Gasteiger partial charge in [0.1, 0.15) is 18.0 Å². The highest BCUT2D eigenvalue weighted by molar-refractivity contribution is 6.57. The van der Waals surface area contributed by atoms with Crippen LogP contribution in [0.15, 0.2) is 46.5 Å². The van der Waals surface area contributed by atoms with Crippen molar-refractivity contribution in [2.75, 3.05) is 0 Å². The van der Waals surface area contributed by atoms with Gasteiger partial charge in [0.15, 0.2) is 5.81 Å². The van der Waals surface area contributed by atoms with E-state index in [1.807, 2.05) is 0 Å². The van der Waals surface area contributed by atoms with E-state index < -0.39 is 17.2 Å². The van der Waals surface area contributed by atoms with Crippen LogP contribution in [0.5, 0.6) is 0 Å². The molecule has 0 saturated carbocycles. The van der Waals surface area contributed by atoms with E-state index in [0.717, 1.165) is 12.4 Å². The summed E-state index contributed by atoms with van der Waals surface area (Å²) in [7, 11) is 4.98. The maximum atomic E-state index is 13.2. The highest BCUT2D eigenvalue weighted by Gasteiger charge is 2.09. The molecule has 10 heteroatoms. The molecular weight excluding hydrogens is 381 g/mol. The van der Waals surface area contributed by atoms with Crippen molar-refractivity contribution in [2.24, 2.45) is 0 Å². The van der Waals surface area contributed by atoms with Crippen LogP contribution < -0.4 is 11.1 Å². The van der Waals surface area contributed by atoms with Crippen LogP contribution in [0.3, 0.4) is 0 Å². The number of aryl methyl sites for hydroxylation is 2. The third-order valence-corrected chi connectivity index (χ3v) is 4.20. The first-order valence-corrected chi connectivity index (χ1v) is 8.30. The highest BCUT2D eigenvalue weighted by Crippen LogP contribution is 2.14. The molecule has 0 spiro atoms. The maximum Gasteiger partial charge on any atom is 0.267 e. The first kappa shape index (κ1) is 20.1. The molecule has 0 aliphatic heterocycles. The van der Waals surface area contributed by atoms with Crippen molar-refractivity contribution in [1.29, 1.82) is 0 Å². The summed E-state index contributed by atoms with van der Waals surface area (Å²) in [6.45, 7) is 3.14. The van der Waals surface area contributed by atoms with E-state index in [1.54, 1.807) is 6.92 Å². The number of carbonyl (C=O) groups is 1. The molecule has 2 aromatic carbocycles. The summed E-state index contributed by atoms with van der Waals surface area (Å²) in [5.41, 5.74) is 0.505. The van der Waals surface area contributed by atoms with Gasteiger partial charge in [0, 0.05) is 12.1 Å². The normalized spacial score (nSPS) is 10.6. The Morgan fingerprint density at radius 3 is 2.10 bits per heavy atom. The fraction of sp³-hybridized carbons (Fsp3) is 0.105. The lowest BCUT2D eigenvalue weighted by Crippen LogP contribution is -2.26. The second-order valence-corrected chi connectivity index (χ2v) is 6.23. The number of nitrogens with one attached hydrogen (secondary N) is 1. The minimum atomic E-state index is -0.915. The first-order chi connectivity index (χ1) is 13.7. The minimum Gasteiger partial charge on any atom is -0.313 e. The summed E-state index contributed by atoms with van der Waals surface area (Å²) in [4.78, 5) is 43.9. The van der Waals surface area contributed by atoms with Crippen LogP contribution >= 0.6 is 0 Å². The van der Waals surface area contributed by atoms with Crippen molar-refractivity contribution < 1.29 is 13.6 Å². The van der Waals surface area contributed by atoms with Crippen molar-refractivity contribution in [3.8, 4) is 0 Å². The lowest BCUT2D eigenvalue weighted by molar-refractivity contribution is 0.260. The molecule has 0 fully saturated rings. The Balaban J connectivity index is 0.000000169. The Kier molecular flexibility index (Phi) is 5.36. The largest absolute Gasteiger partial charge is 0.313 e. The van der Waals surface area contributed by atoms with Gasteiger partial charge in [-0.25, -0.2) is 23.3 Å². The summed E-state index contributed by atoms with van der Waals surface area (Å²) in [6, 6.07) is 5.26. The standard InChI is InChI=1S/C10H6BFN2O2.C9H7FN2O/c1-5-2-6-8(3-7(5)12)13-4-14(9(6)15)10(11)16;1-5-2-6-8(3-7(5)10)11-4-12-9(6)13/h2-4H,1H3;2-4H,1H3,(H,11,12,13). The molecular formula is C19H13BF2N4O3.